The maximum absolute atomic E-state index is 3.31. The second-order valence-electron chi connectivity index (χ2n) is 3.88. The van der Waals surface area contributed by atoms with Crippen LogP contribution >= 0.6 is 11.8 Å². The molecular weight excluding hydrogens is 202 g/mol. The summed E-state index contributed by atoms with van der Waals surface area (Å²) in [6.07, 6.45) is 0. The van der Waals surface area contributed by atoms with Crippen molar-refractivity contribution in [3.8, 4) is 0 Å². The molecule has 2 aromatic carbocycles. The molecule has 0 saturated carbocycles. The molecule has 76 valence electrons. The first kappa shape index (κ1) is 9.25. The molecule has 1 heterocycles. The molecule has 0 aliphatic carbocycles. The summed E-state index contributed by atoms with van der Waals surface area (Å²) in [4.78, 5) is 1.42. The molecule has 0 bridgehead atoms. The van der Waals surface area contributed by atoms with Crippen molar-refractivity contribution < 1.29 is 0 Å². The summed E-state index contributed by atoms with van der Waals surface area (Å²) in [5.74, 6) is 0. The van der Waals surface area contributed by atoms with Crippen molar-refractivity contribution in [2.24, 2.45) is 0 Å². The second kappa shape index (κ2) is 3.87. The van der Waals surface area contributed by atoms with E-state index in [1.54, 1.807) is 0 Å². The van der Waals surface area contributed by atoms with Gasteiger partial charge in [0.15, 0.2) is 0 Å². The predicted octanol–water partition coefficient (Wildman–Crippen LogP) is 2.90. The van der Waals surface area contributed by atoms with Crippen LogP contribution in [0, 0.1) is 0 Å². The third-order valence-corrected chi connectivity index (χ3v) is 4.06. The lowest BCUT2D eigenvalue weighted by Gasteiger charge is -2.26. The molecule has 2 aromatic rings. The Hall–Kier alpha value is -0.990. The van der Waals surface area contributed by atoms with Crippen molar-refractivity contribution >= 4 is 22.5 Å². The van der Waals surface area contributed by atoms with Crippen LogP contribution in [0.2, 0.25) is 0 Å². The fraction of sp³-hybridized carbons (Fsp3) is 0.231. The molecule has 0 aromatic heterocycles. The fourth-order valence-electron chi connectivity index (χ4n) is 1.82. The SMILES string of the molecule is c1ccc2c(SC3CNC3)cccc2c1. The van der Waals surface area contributed by atoms with Crippen molar-refractivity contribution in [1.29, 1.82) is 0 Å². The van der Waals surface area contributed by atoms with E-state index in [9.17, 15) is 0 Å². The molecule has 1 aliphatic rings. The molecule has 3 rings (SSSR count). The third-order valence-electron chi connectivity index (χ3n) is 2.79. The number of nitrogens with one attached hydrogen (secondary N) is 1. The average Bonchev–Trinajstić information content (AvgIpc) is 2.23. The van der Waals surface area contributed by atoms with Gasteiger partial charge in [-0.25, -0.2) is 0 Å². The largest absolute Gasteiger partial charge is 0.314 e. The zero-order valence-corrected chi connectivity index (χ0v) is 9.26. The molecule has 0 spiro atoms. The Labute approximate surface area is 93.9 Å². The van der Waals surface area contributed by atoms with Crippen LogP contribution < -0.4 is 5.32 Å². The number of hydrogen-bond acceptors (Lipinski definition) is 2. The molecule has 1 aliphatic heterocycles. The monoisotopic (exact) mass is 215 g/mol. The molecular formula is C13H13NS. The predicted molar refractivity (Wildman–Crippen MR) is 66.5 cm³/mol. The van der Waals surface area contributed by atoms with Crippen LogP contribution in [0.4, 0.5) is 0 Å². The first-order chi connectivity index (χ1) is 7.43. The molecule has 0 radical (unpaired) electrons. The maximum atomic E-state index is 3.31. The third kappa shape index (κ3) is 1.75. The summed E-state index contributed by atoms with van der Waals surface area (Å²) >= 11 is 2.00. The number of fused-ring (bicyclic) bond motifs is 1. The molecule has 0 atom stereocenters. The Kier molecular flexibility index (Phi) is 2.39. The van der Waals surface area contributed by atoms with Crippen molar-refractivity contribution in [2.75, 3.05) is 13.1 Å². The molecule has 15 heavy (non-hydrogen) atoms. The highest BCUT2D eigenvalue weighted by Gasteiger charge is 2.18. The molecule has 1 fully saturated rings. The van der Waals surface area contributed by atoms with E-state index in [1.807, 2.05) is 11.8 Å². The molecule has 0 unspecified atom stereocenters. The van der Waals surface area contributed by atoms with Gasteiger partial charge < -0.3 is 5.32 Å². The Morgan fingerprint density at radius 3 is 2.60 bits per heavy atom. The Morgan fingerprint density at radius 2 is 1.80 bits per heavy atom. The van der Waals surface area contributed by atoms with Gasteiger partial charge in [-0.05, 0) is 16.8 Å². The van der Waals surface area contributed by atoms with Gasteiger partial charge in [-0.3, -0.25) is 0 Å². The first-order valence-electron chi connectivity index (χ1n) is 5.28. The van der Waals surface area contributed by atoms with Crippen LogP contribution in [0.3, 0.4) is 0 Å². The van der Waals surface area contributed by atoms with E-state index < -0.39 is 0 Å². The van der Waals surface area contributed by atoms with Crippen molar-refractivity contribution in [2.45, 2.75) is 10.1 Å². The van der Waals surface area contributed by atoms with Crippen LogP contribution in [-0.4, -0.2) is 18.3 Å². The normalized spacial score (nSPS) is 16.5. The van der Waals surface area contributed by atoms with E-state index in [1.165, 1.54) is 15.7 Å². The van der Waals surface area contributed by atoms with Crippen molar-refractivity contribution in [1.82, 2.24) is 5.32 Å². The van der Waals surface area contributed by atoms with E-state index in [0.717, 1.165) is 18.3 Å². The Bertz CT molecular complexity index is 471. The van der Waals surface area contributed by atoms with Crippen molar-refractivity contribution in [3.05, 3.63) is 42.5 Å². The summed E-state index contributed by atoms with van der Waals surface area (Å²) < 4.78 is 0. The lowest BCUT2D eigenvalue weighted by Crippen LogP contribution is -2.44. The van der Waals surface area contributed by atoms with Gasteiger partial charge in [-0.1, -0.05) is 36.4 Å². The summed E-state index contributed by atoms with van der Waals surface area (Å²) in [6.45, 7) is 2.29. The van der Waals surface area contributed by atoms with Gasteiger partial charge in [-0.15, -0.1) is 11.8 Å². The van der Waals surface area contributed by atoms with Gasteiger partial charge in [-0.2, -0.15) is 0 Å². The van der Waals surface area contributed by atoms with E-state index in [0.29, 0.717) is 0 Å². The zero-order chi connectivity index (χ0) is 10.1. The van der Waals surface area contributed by atoms with Gasteiger partial charge in [0.1, 0.15) is 0 Å². The number of rotatable bonds is 2. The van der Waals surface area contributed by atoms with Gasteiger partial charge in [0, 0.05) is 23.2 Å². The van der Waals surface area contributed by atoms with Gasteiger partial charge in [0.25, 0.3) is 0 Å². The van der Waals surface area contributed by atoms with Crippen LogP contribution in [0.25, 0.3) is 10.8 Å². The minimum absolute atomic E-state index is 0.760. The van der Waals surface area contributed by atoms with Gasteiger partial charge in [0.2, 0.25) is 0 Å². The van der Waals surface area contributed by atoms with E-state index in [2.05, 4.69) is 47.8 Å². The highest BCUT2D eigenvalue weighted by atomic mass is 32.2. The highest BCUT2D eigenvalue weighted by molar-refractivity contribution is 8.00. The average molecular weight is 215 g/mol. The summed E-state index contributed by atoms with van der Waals surface area (Å²) in [7, 11) is 0. The molecule has 1 saturated heterocycles. The quantitative estimate of drug-likeness (QED) is 0.826. The standard InChI is InChI=1S/C13H13NS/c1-2-6-12-10(4-1)5-3-7-13(12)15-11-8-14-9-11/h1-7,11,14H,8-9H2. The number of benzene rings is 2. The molecule has 1 N–H and O–H groups in total. The van der Waals surface area contributed by atoms with Crippen LogP contribution in [0.5, 0.6) is 0 Å². The van der Waals surface area contributed by atoms with Gasteiger partial charge >= 0.3 is 0 Å². The summed E-state index contributed by atoms with van der Waals surface area (Å²) in [5, 5.41) is 6.80. The second-order valence-corrected chi connectivity index (χ2v) is 5.22. The molecule has 0 amide bonds. The van der Waals surface area contributed by atoms with Crippen molar-refractivity contribution in [3.63, 3.8) is 0 Å². The zero-order valence-electron chi connectivity index (χ0n) is 8.44. The van der Waals surface area contributed by atoms with Crippen LogP contribution in [0.15, 0.2) is 47.4 Å². The Balaban J connectivity index is 2.01. The lowest BCUT2D eigenvalue weighted by atomic mass is 10.1. The molecule has 2 heteroatoms. The fourth-order valence-corrected chi connectivity index (χ4v) is 3.06. The summed E-state index contributed by atoms with van der Waals surface area (Å²) in [5.41, 5.74) is 0. The van der Waals surface area contributed by atoms with E-state index in [4.69, 9.17) is 0 Å². The van der Waals surface area contributed by atoms with E-state index >= 15 is 0 Å². The first-order valence-corrected chi connectivity index (χ1v) is 6.16. The highest BCUT2D eigenvalue weighted by Crippen LogP contribution is 2.31. The van der Waals surface area contributed by atoms with Crippen LogP contribution in [-0.2, 0) is 0 Å². The number of hydrogen-bond donors (Lipinski definition) is 1. The topological polar surface area (TPSA) is 12.0 Å². The minimum atomic E-state index is 0.760. The van der Waals surface area contributed by atoms with Gasteiger partial charge in [0.05, 0.1) is 0 Å². The van der Waals surface area contributed by atoms with E-state index in [-0.39, 0.29) is 0 Å². The molecule has 1 nitrogen and oxygen atoms in total. The minimum Gasteiger partial charge on any atom is -0.314 e. The smallest absolute Gasteiger partial charge is 0.0344 e. The lowest BCUT2D eigenvalue weighted by molar-refractivity contribution is 0.544. The summed E-state index contributed by atoms with van der Waals surface area (Å²) in [6, 6.07) is 15.2. The number of thioether (sulfide) groups is 1. The Morgan fingerprint density at radius 1 is 1.00 bits per heavy atom. The van der Waals surface area contributed by atoms with Crippen LogP contribution in [0.1, 0.15) is 0 Å². The maximum Gasteiger partial charge on any atom is 0.0344 e.